The van der Waals surface area contributed by atoms with Crippen molar-refractivity contribution >= 4 is 23.2 Å². The SMILES string of the molecule is COc1cc(OC)c(OC)cc1/C=C\C(=O)c1scnc1C. The van der Waals surface area contributed by atoms with E-state index >= 15 is 0 Å². The summed E-state index contributed by atoms with van der Waals surface area (Å²) < 4.78 is 15.8. The van der Waals surface area contributed by atoms with Crippen LogP contribution in [0.25, 0.3) is 6.08 Å². The lowest BCUT2D eigenvalue weighted by atomic mass is 10.1. The molecule has 0 atom stereocenters. The first-order valence-corrected chi connectivity index (χ1v) is 7.41. The van der Waals surface area contributed by atoms with Crippen molar-refractivity contribution in [2.75, 3.05) is 21.3 Å². The van der Waals surface area contributed by atoms with Crippen molar-refractivity contribution in [2.24, 2.45) is 0 Å². The smallest absolute Gasteiger partial charge is 0.197 e. The number of methoxy groups -OCH3 is 3. The highest BCUT2D eigenvalue weighted by Gasteiger charge is 2.12. The summed E-state index contributed by atoms with van der Waals surface area (Å²) in [6.07, 6.45) is 3.20. The average Bonchev–Trinajstić information content (AvgIpc) is 2.97. The number of hydrogen-bond acceptors (Lipinski definition) is 6. The second kappa shape index (κ2) is 7.09. The molecule has 6 heteroatoms. The van der Waals surface area contributed by atoms with Gasteiger partial charge in [0.1, 0.15) is 5.75 Å². The lowest BCUT2D eigenvalue weighted by molar-refractivity contribution is 0.105. The maximum Gasteiger partial charge on any atom is 0.197 e. The molecule has 2 rings (SSSR count). The van der Waals surface area contributed by atoms with Gasteiger partial charge in [0.2, 0.25) is 0 Å². The van der Waals surface area contributed by atoms with Crippen molar-refractivity contribution in [3.63, 3.8) is 0 Å². The quantitative estimate of drug-likeness (QED) is 0.603. The van der Waals surface area contributed by atoms with Crippen LogP contribution in [0.5, 0.6) is 17.2 Å². The molecule has 0 unspecified atom stereocenters. The Balaban J connectivity index is 2.34. The topological polar surface area (TPSA) is 57.7 Å². The number of nitrogens with zero attached hydrogens (tertiary/aromatic N) is 1. The third-order valence-electron chi connectivity index (χ3n) is 3.12. The summed E-state index contributed by atoms with van der Waals surface area (Å²) in [7, 11) is 4.68. The van der Waals surface area contributed by atoms with E-state index in [-0.39, 0.29) is 5.78 Å². The minimum absolute atomic E-state index is 0.0863. The molecular weight excluding hydrogens is 302 g/mol. The Morgan fingerprint density at radius 1 is 1.09 bits per heavy atom. The minimum Gasteiger partial charge on any atom is -0.496 e. The fraction of sp³-hybridized carbons (Fsp3) is 0.250. The van der Waals surface area contributed by atoms with E-state index < -0.39 is 0 Å². The van der Waals surface area contributed by atoms with E-state index in [1.54, 1.807) is 45.0 Å². The zero-order valence-electron chi connectivity index (χ0n) is 12.9. The number of rotatable bonds is 6. The highest BCUT2D eigenvalue weighted by atomic mass is 32.1. The fourth-order valence-electron chi connectivity index (χ4n) is 1.96. The van der Waals surface area contributed by atoms with Gasteiger partial charge in [-0.1, -0.05) is 0 Å². The Labute approximate surface area is 133 Å². The molecule has 0 saturated carbocycles. The molecule has 0 saturated heterocycles. The second-order valence-corrected chi connectivity index (χ2v) is 5.27. The first kappa shape index (κ1) is 16.0. The Morgan fingerprint density at radius 3 is 2.27 bits per heavy atom. The molecule has 0 N–H and O–H groups in total. The molecule has 0 aliphatic heterocycles. The number of aryl methyl sites for hydroxylation is 1. The van der Waals surface area contributed by atoms with Gasteiger partial charge in [-0.2, -0.15) is 0 Å². The molecule has 116 valence electrons. The third-order valence-corrected chi connectivity index (χ3v) is 4.06. The highest BCUT2D eigenvalue weighted by Crippen LogP contribution is 2.35. The van der Waals surface area contributed by atoms with E-state index in [4.69, 9.17) is 14.2 Å². The van der Waals surface area contributed by atoms with Gasteiger partial charge in [0.05, 0.1) is 37.4 Å². The zero-order valence-corrected chi connectivity index (χ0v) is 13.7. The van der Waals surface area contributed by atoms with Crippen molar-refractivity contribution in [1.29, 1.82) is 0 Å². The molecule has 0 aliphatic carbocycles. The summed E-state index contributed by atoms with van der Waals surface area (Å²) in [6.45, 7) is 1.81. The first-order valence-electron chi connectivity index (χ1n) is 6.53. The van der Waals surface area contributed by atoms with Gasteiger partial charge in [-0.3, -0.25) is 4.79 Å². The van der Waals surface area contributed by atoms with Crippen LogP contribution in [0.3, 0.4) is 0 Å². The summed E-state index contributed by atoms with van der Waals surface area (Å²) in [6, 6.07) is 3.49. The van der Waals surface area contributed by atoms with Crippen LogP contribution in [0.4, 0.5) is 0 Å². The Morgan fingerprint density at radius 2 is 1.73 bits per heavy atom. The van der Waals surface area contributed by atoms with Crippen molar-refractivity contribution in [3.8, 4) is 17.2 Å². The summed E-state index contributed by atoms with van der Waals surface area (Å²) >= 11 is 1.33. The number of allylic oxidation sites excluding steroid dienone is 1. The zero-order chi connectivity index (χ0) is 16.1. The van der Waals surface area contributed by atoms with Crippen LogP contribution in [0.1, 0.15) is 20.9 Å². The van der Waals surface area contributed by atoms with Crippen LogP contribution < -0.4 is 14.2 Å². The number of carbonyl (C=O) groups excluding carboxylic acids is 1. The van der Waals surface area contributed by atoms with Crippen molar-refractivity contribution in [3.05, 3.63) is 39.9 Å². The molecule has 2 aromatic rings. The third kappa shape index (κ3) is 3.28. The van der Waals surface area contributed by atoms with Crippen molar-refractivity contribution in [2.45, 2.75) is 6.92 Å². The van der Waals surface area contributed by atoms with Crippen LogP contribution in [0.15, 0.2) is 23.7 Å². The summed E-state index contributed by atoms with van der Waals surface area (Å²) in [5.74, 6) is 1.66. The standard InChI is InChI=1S/C16H17NO4S/c1-10-16(22-9-17-10)12(18)6-5-11-7-14(20-3)15(21-4)8-13(11)19-2/h5-9H,1-4H3/b6-5-. The Bertz CT molecular complexity index is 706. The van der Waals surface area contributed by atoms with Crippen LogP contribution in [0.2, 0.25) is 0 Å². The summed E-state index contributed by atoms with van der Waals surface area (Å²) in [5.41, 5.74) is 3.13. The molecule has 22 heavy (non-hydrogen) atoms. The van der Waals surface area contributed by atoms with E-state index in [9.17, 15) is 4.79 Å². The lowest BCUT2D eigenvalue weighted by Gasteiger charge is -2.12. The van der Waals surface area contributed by atoms with Crippen LogP contribution in [0, 0.1) is 6.92 Å². The molecule has 0 aliphatic rings. The molecule has 0 radical (unpaired) electrons. The van der Waals surface area contributed by atoms with Crippen LogP contribution >= 0.6 is 11.3 Å². The van der Waals surface area contributed by atoms with Crippen LogP contribution in [-0.2, 0) is 0 Å². The number of hydrogen-bond donors (Lipinski definition) is 0. The van der Waals surface area contributed by atoms with Gasteiger partial charge in [0.25, 0.3) is 0 Å². The van der Waals surface area contributed by atoms with Gasteiger partial charge in [-0.05, 0) is 25.1 Å². The molecular formula is C16H17NO4S. The lowest BCUT2D eigenvalue weighted by Crippen LogP contribution is -1.96. The highest BCUT2D eigenvalue weighted by molar-refractivity contribution is 7.12. The number of ether oxygens (including phenoxy) is 3. The Hall–Kier alpha value is -2.34. The minimum atomic E-state index is -0.0863. The molecule has 0 amide bonds. The normalized spacial score (nSPS) is 10.7. The maximum absolute atomic E-state index is 12.2. The number of ketones is 1. The second-order valence-electron chi connectivity index (χ2n) is 4.41. The maximum atomic E-state index is 12.2. The monoisotopic (exact) mass is 319 g/mol. The fourth-order valence-corrected chi connectivity index (χ4v) is 2.69. The van der Waals surface area contributed by atoms with E-state index in [1.165, 1.54) is 17.4 Å². The van der Waals surface area contributed by atoms with Crippen molar-refractivity contribution in [1.82, 2.24) is 4.98 Å². The molecule has 0 spiro atoms. The van der Waals surface area contributed by atoms with E-state index in [1.807, 2.05) is 6.92 Å². The number of aromatic nitrogens is 1. The molecule has 0 bridgehead atoms. The van der Waals surface area contributed by atoms with Gasteiger partial charge in [-0.15, -0.1) is 11.3 Å². The Kier molecular flexibility index (Phi) is 5.16. The predicted molar refractivity (Wildman–Crippen MR) is 86.3 cm³/mol. The molecule has 1 aromatic carbocycles. The van der Waals surface area contributed by atoms with E-state index in [0.717, 1.165) is 11.3 Å². The first-order chi connectivity index (χ1) is 10.6. The predicted octanol–water partition coefficient (Wildman–Crippen LogP) is 3.37. The molecule has 5 nitrogen and oxygen atoms in total. The van der Waals surface area contributed by atoms with Crippen LogP contribution in [-0.4, -0.2) is 32.1 Å². The van der Waals surface area contributed by atoms with E-state index in [0.29, 0.717) is 22.1 Å². The van der Waals surface area contributed by atoms with Crippen molar-refractivity contribution < 1.29 is 19.0 Å². The molecule has 1 heterocycles. The van der Waals surface area contributed by atoms with Gasteiger partial charge in [0.15, 0.2) is 17.3 Å². The molecule has 0 fully saturated rings. The van der Waals surface area contributed by atoms with E-state index in [2.05, 4.69) is 4.98 Å². The largest absolute Gasteiger partial charge is 0.496 e. The molecule has 1 aromatic heterocycles. The van der Waals surface area contributed by atoms with Gasteiger partial charge in [-0.25, -0.2) is 4.98 Å². The number of carbonyl (C=O) groups is 1. The average molecular weight is 319 g/mol. The summed E-state index contributed by atoms with van der Waals surface area (Å²) in [5, 5.41) is 0. The van der Waals surface area contributed by atoms with Gasteiger partial charge in [0, 0.05) is 11.6 Å². The summed E-state index contributed by atoms with van der Waals surface area (Å²) in [4.78, 5) is 16.9. The van der Waals surface area contributed by atoms with Gasteiger partial charge < -0.3 is 14.2 Å². The van der Waals surface area contributed by atoms with Gasteiger partial charge >= 0.3 is 0 Å². The number of benzene rings is 1. The number of thiazole rings is 1.